The van der Waals surface area contributed by atoms with Crippen molar-refractivity contribution in [2.45, 2.75) is 50.7 Å². The average molecular weight is 246 g/mol. The van der Waals surface area contributed by atoms with Gasteiger partial charge in [-0.2, -0.15) is 16.6 Å². The highest BCUT2D eigenvalue weighted by Crippen LogP contribution is 2.38. The van der Waals surface area contributed by atoms with Crippen LogP contribution in [0.15, 0.2) is 16.8 Å². The number of rotatable bonds is 4. The highest BCUT2D eigenvalue weighted by atomic mass is 32.1. The molecule has 0 N–H and O–H groups in total. The molecule has 1 aromatic heterocycles. The van der Waals surface area contributed by atoms with Gasteiger partial charge >= 0.3 is 0 Å². The highest BCUT2D eigenvalue weighted by Gasteiger charge is 2.39. The van der Waals surface area contributed by atoms with E-state index in [1.165, 1.54) is 31.2 Å². The fraction of sp³-hybridized carbons (Fsp3) is 0.643. The molecule has 3 rings (SSSR count). The van der Waals surface area contributed by atoms with E-state index in [0.29, 0.717) is 6.04 Å². The molecule has 1 heterocycles. The first kappa shape index (κ1) is 11.3. The molecule has 2 saturated carbocycles. The van der Waals surface area contributed by atoms with Crippen molar-refractivity contribution < 1.29 is 0 Å². The van der Waals surface area contributed by atoms with Crippen molar-refractivity contribution in [3.05, 3.63) is 22.4 Å². The third kappa shape index (κ3) is 2.38. The first-order valence-electron chi connectivity index (χ1n) is 6.55. The van der Waals surface area contributed by atoms with E-state index in [4.69, 9.17) is 0 Å². The van der Waals surface area contributed by atoms with Gasteiger partial charge in [0.2, 0.25) is 0 Å². The highest BCUT2D eigenvalue weighted by molar-refractivity contribution is 7.07. The van der Waals surface area contributed by atoms with Crippen LogP contribution in [0.4, 0.5) is 0 Å². The van der Waals surface area contributed by atoms with Crippen molar-refractivity contribution in [1.82, 2.24) is 4.90 Å². The van der Waals surface area contributed by atoms with Gasteiger partial charge in [0.05, 0.1) is 12.0 Å². The van der Waals surface area contributed by atoms with Crippen LogP contribution in [0.3, 0.4) is 0 Å². The van der Waals surface area contributed by atoms with E-state index in [-0.39, 0.29) is 5.92 Å². The summed E-state index contributed by atoms with van der Waals surface area (Å²) < 4.78 is 0. The van der Waals surface area contributed by atoms with Gasteiger partial charge in [-0.05, 0) is 48.1 Å². The van der Waals surface area contributed by atoms with Crippen molar-refractivity contribution in [3.8, 4) is 6.07 Å². The molecule has 2 fully saturated rings. The maximum absolute atomic E-state index is 9.24. The third-order valence-electron chi connectivity index (χ3n) is 4.03. The zero-order chi connectivity index (χ0) is 11.7. The fourth-order valence-electron chi connectivity index (χ4n) is 3.00. The topological polar surface area (TPSA) is 27.0 Å². The Morgan fingerprint density at radius 3 is 2.88 bits per heavy atom. The maximum atomic E-state index is 9.24. The van der Waals surface area contributed by atoms with Crippen LogP contribution in [0.5, 0.6) is 0 Å². The Bertz CT molecular complexity index is 402. The predicted molar refractivity (Wildman–Crippen MR) is 69.6 cm³/mol. The number of hydrogen-bond donors (Lipinski definition) is 0. The molecule has 0 radical (unpaired) electrons. The van der Waals surface area contributed by atoms with E-state index >= 15 is 0 Å². The zero-order valence-electron chi connectivity index (χ0n) is 10.0. The first-order chi connectivity index (χ1) is 8.38. The quantitative estimate of drug-likeness (QED) is 0.814. The summed E-state index contributed by atoms with van der Waals surface area (Å²) in [7, 11) is 0. The number of hydrogen-bond acceptors (Lipinski definition) is 3. The molecule has 2 atom stereocenters. The van der Waals surface area contributed by atoms with Crippen LogP contribution >= 0.6 is 11.3 Å². The van der Waals surface area contributed by atoms with Crippen molar-refractivity contribution in [1.29, 1.82) is 5.26 Å². The maximum Gasteiger partial charge on any atom is 0.0672 e. The summed E-state index contributed by atoms with van der Waals surface area (Å²) in [4.78, 5) is 2.61. The van der Waals surface area contributed by atoms with Crippen LogP contribution in [0.2, 0.25) is 0 Å². The van der Waals surface area contributed by atoms with Crippen molar-refractivity contribution in [3.63, 3.8) is 0 Å². The molecule has 0 bridgehead atoms. The number of nitrogens with zero attached hydrogens (tertiary/aromatic N) is 2. The van der Waals surface area contributed by atoms with Gasteiger partial charge in [-0.25, -0.2) is 0 Å². The van der Waals surface area contributed by atoms with E-state index in [2.05, 4.69) is 27.8 Å². The normalized spacial score (nSPS) is 28.5. The molecule has 0 aromatic carbocycles. The SMILES string of the molecule is N#CC1CCCC1N(Cc1ccsc1)C1CC1. The van der Waals surface area contributed by atoms with Gasteiger partial charge in [-0.1, -0.05) is 6.42 Å². The Morgan fingerprint density at radius 1 is 1.35 bits per heavy atom. The predicted octanol–water partition coefficient (Wildman–Crippen LogP) is 3.40. The Morgan fingerprint density at radius 2 is 2.24 bits per heavy atom. The summed E-state index contributed by atoms with van der Waals surface area (Å²) in [6.07, 6.45) is 6.22. The minimum atomic E-state index is 0.272. The molecule has 17 heavy (non-hydrogen) atoms. The summed E-state index contributed by atoms with van der Waals surface area (Å²) in [6.45, 7) is 1.05. The number of nitriles is 1. The fourth-order valence-corrected chi connectivity index (χ4v) is 3.66. The Balaban J connectivity index is 1.73. The molecule has 2 aliphatic rings. The lowest BCUT2D eigenvalue weighted by atomic mass is 10.0. The van der Waals surface area contributed by atoms with Crippen LogP contribution < -0.4 is 0 Å². The molecule has 2 unspecified atom stereocenters. The standard InChI is InChI=1S/C14H18N2S/c15-8-12-2-1-3-14(12)16(13-4-5-13)9-11-6-7-17-10-11/h6-7,10,12-14H,1-5,9H2. The van der Waals surface area contributed by atoms with E-state index in [9.17, 15) is 5.26 Å². The summed E-state index contributed by atoms with van der Waals surface area (Å²) in [5.41, 5.74) is 1.42. The second kappa shape index (κ2) is 4.80. The van der Waals surface area contributed by atoms with Crippen LogP contribution in [-0.2, 0) is 6.54 Å². The van der Waals surface area contributed by atoms with E-state index in [1.807, 2.05) is 0 Å². The van der Waals surface area contributed by atoms with Gasteiger partial charge in [0.25, 0.3) is 0 Å². The smallest absolute Gasteiger partial charge is 0.0672 e. The summed E-state index contributed by atoms with van der Waals surface area (Å²) >= 11 is 1.77. The van der Waals surface area contributed by atoms with Crippen LogP contribution in [0, 0.1) is 17.2 Å². The second-order valence-corrected chi connectivity index (χ2v) is 6.05. The molecule has 2 aliphatic carbocycles. The molecule has 0 aliphatic heterocycles. The van der Waals surface area contributed by atoms with E-state index < -0.39 is 0 Å². The lowest BCUT2D eigenvalue weighted by Gasteiger charge is -2.30. The molecule has 3 heteroatoms. The minimum absolute atomic E-state index is 0.272. The molecule has 0 saturated heterocycles. The molecule has 0 amide bonds. The van der Waals surface area contributed by atoms with Gasteiger partial charge in [0, 0.05) is 18.6 Å². The van der Waals surface area contributed by atoms with Crippen molar-refractivity contribution in [2.24, 2.45) is 5.92 Å². The van der Waals surface area contributed by atoms with Gasteiger partial charge in [-0.3, -0.25) is 4.90 Å². The van der Waals surface area contributed by atoms with Gasteiger partial charge in [0.1, 0.15) is 0 Å². The average Bonchev–Trinajstić information content (AvgIpc) is 2.89. The lowest BCUT2D eigenvalue weighted by molar-refractivity contribution is 0.159. The van der Waals surface area contributed by atoms with E-state index in [0.717, 1.165) is 19.0 Å². The molecular formula is C14H18N2S. The van der Waals surface area contributed by atoms with Crippen LogP contribution in [-0.4, -0.2) is 17.0 Å². The van der Waals surface area contributed by atoms with Gasteiger partial charge < -0.3 is 0 Å². The number of thiophene rings is 1. The molecule has 2 nitrogen and oxygen atoms in total. The second-order valence-electron chi connectivity index (χ2n) is 5.27. The van der Waals surface area contributed by atoms with Crippen molar-refractivity contribution >= 4 is 11.3 Å². The third-order valence-corrected chi connectivity index (χ3v) is 4.76. The molecule has 0 spiro atoms. The summed E-state index contributed by atoms with van der Waals surface area (Å²) in [5, 5.41) is 13.6. The lowest BCUT2D eigenvalue weighted by Crippen LogP contribution is -2.38. The summed E-state index contributed by atoms with van der Waals surface area (Å²) in [5.74, 6) is 0.272. The largest absolute Gasteiger partial charge is 0.292 e. The monoisotopic (exact) mass is 246 g/mol. The zero-order valence-corrected chi connectivity index (χ0v) is 10.8. The van der Waals surface area contributed by atoms with Gasteiger partial charge in [-0.15, -0.1) is 0 Å². The Labute approximate surface area is 107 Å². The Hall–Kier alpha value is -0.850. The summed E-state index contributed by atoms with van der Waals surface area (Å²) in [6, 6.07) is 6.02. The van der Waals surface area contributed by atoms with Gasteiger partial charge in [0.15, 0.2) is 0 Å². The molecule has 90 valence electrons. The van der Waals surface area contributed by atoms with Crippen molar-refractivity contribution in [2.75, 3.05) is 0 Å². The minimum Gasteiger partial charge on any atom is -0.292 e. The Kier molecular flexibility index (Phi) is 3.17. The first-order valence-corrected chi connectivity index (χ1v) is 7.49. The molecule has 1 aromatic rings. The van der Waals surface area contributed by atoms with Crippen LogP contribution in [0.25, 0.3) is 0 Å². The molecular weight excluding hydrogens is 228 g/mol. The van der Waals surface area contributed by atoms with E-state index in [1.54, 1.807) is 11.3 Å². The van der Waals surface area contributed by atoms with Crippen LogP contribution in [0.1, 0.15) is 37.7 Å².